The third-order valence-electron chi connectivity index (χ3n) is 4.72. The Kier molecular flexibility index (Phi) is 5.98. The molecule has 0 saturated carbocycles. The van der Waals surface area contributed by atoms with Gasteiger partial charge in [0.1, 0.15) is 18.6 Å². The zero-order valence-electron chi connectivity index (χ0n) is 15.6. The number of hydrogen-bond acceptors (Lipinski definition) is 6. The maximum absolute atomic E-state index is 12.5. The minimum Gasteiger partial charge on any atom is -0.497 e. The van der Waals surface area contributed by atoms with Crippen LogP contribution in [-0.2, 0) is 11.4 Å². The molecule has 148 valence electrons. The molecular weight excluding hydrogens is 364 g/mol. The maximum atomic E-state index is 12.5. The van der Waals surface area contributed by atoms with E-state index < -0.39 is 5.43 Å². The number of piperidine rings is 1. The molecule has 0 spiro atoms. The highest BCUT2D eigenvalue weighted by Crippen LogP contribution is 2.19. The van der Waals surface area contributed by atoms with Gasteiger partial charge in [0.05, 0.1) is 7.11 Å². The second-order valence-electron chi connectivity index (χ2n) is 6.58. The molecule has 2 aromatic rings. The van der Waals surface area contributed by atoms with E-state index in [4.69, 9.17) is 19.6 Å². The zero-order chi connectivity index (χ0) is 20.1. The van der Waals surface area contributed by atoms with Crippen molar-refractivity contribution in [1.29, 1.82) is 0 Å². The van der Waals surface area contributed by atoms with Crippen molar-refractivity contribution in [3.05, 3.63) is 58.1 Å². The Morgan fingerprint density at radius 1 is 1.25 bits per heavy atom. The Morgan fingerprint density at radius 3 is 2.64 bits per heavy atom. The van der Waals surface area contributed by atoms with Gasteiger partial charge in [-0.25, -0.2) is 0 Å². The second kappa shape index (κ2) is 8.60. The molecule has 28 heavy (non-hydrogen) atoms. The predicted octanol–water partition coefficient (Wildman–Crippen LogP) is 1.56. The van der Waals surface area contributed by atoms with Crippen molar-refractivity contribution in [2.75, 3.05) is 20.2 Å². The summed E-state index contributed by atoms with van der Waals surface area (Å²) in [5.41, 5.74) is 5.69. The predicted molar refractivity (Wildman–Crippen MR) is 100 cm³/mol. The van der Waals surface area contributed by atoms with E-state index in [0.717, 1.165) is 17.9 Å². The van der Waals surface area contributed by atoms with E-state index in [1.807, 2.05) is 18.2 Å². The molecule has 8 nitrogen and oxygen atoms in total. The number of carbonyl (C=O) groups excluding carboxylic acids is 2. The molecule has 0 unspecified atom stereocenters. The van der Waals surface area contributed by atoms with Gasteiger partial charge >= 0.3 is 0 Å². The van der Waals surface area contributed by atoms with Gasteiger partial charge in [-0.2, -0.15) is 0 Å². The van der Waals surface area contributed by atoms with Crippen LogP contribution in [0.5, 0.6) is 11.5 Å². The first-order valence-electron chi connectivity index (χ1n) is 8.95. The average molecular weight is 386 g/mol. The molecule has 0 radical (unpaired) electrons. The fourth-order valence-electron chi connectivity index (χ4n) is 3.06. The number of rotatable bonds is 6. The molecule has 1 saturated heterocycles. The van der Waals surface area contributed by atoms with Crippen molar-refractivity contribution in [2.45, 2.75) is 19.4 Å². The van der Waals surface area contributed by atoms with E-state index >= 15 is 0 Å². The summed E-state index contributed by atoms with van der Waals surface area (Å²) in [6, 6.07) is 8.41. The summed E-state index contributed by atoms with van der Waals surface area (Å²) in [5.74, 6) is -0.309. The topological polar surface area (TPSA) is 112 Å². The van der Waals surface area contributed by atoms with Gasteiger partial charge in [0.25, 0.3) is 5.91 Å². The van der Waals surface area contributed by atoms with E-state index in [2.05, 4.69) is 0 Å². The number of methoxy groups -OCH3 is 1. The summed E-state index contributed by atoms with van der Waals surface area (Å²) in [5, 5.41) is 0. The molecule has 1 fully saturated rings. The quantitative estimate of drug-likeness (QED) is 0.806. The number of nitrogens with two attached hydrogens (primary N) is 1. The highest BCUT2D eigenvalue weighted by molar-refractivity contribution is 5.91. The lowest BCUT2D eigenvalue weighted by Crippen LogP contribution is -2.41. The summed E-state index contributed by atoms with van der Waals surface area (Å²) in [6.07, 6.45) is 2.16. The van der Waals surface area contributed by atoms with Gasteiger partial charge in [-0.3, -0.25) is 14.4 Å². The molecule has 1 aromatic carbocycles. The first kappa shape index (κ1) is 19.5. The Bertz CT molecular complexity index is 915. The lowest BCUT2D eigenvalue weighted by atomic mass is 9.96. The Morgan fingerprint density at radius 2 is 2.00 bits per heavy atom. The van der Waals surface area contributed by atoms with Crippen LogP contribution >= 0.6 is 0 Å². The highest BCUT2D eigenvalue weighted by Gasteiger charge is 2.27. The maximum Gasteiger partial charge on any atom is 0.289 e. The van der Waals surface area contributed by atoms with Crippen molar-refractivity contribution < 1.29 is 23.5 Å². The third-order valence-corrected chi connectivity index (χ3v) is 4.72. The lowest BCUT2D eigenvalue weighted by molar-refractivity contribution is -0.123. The first-order valence-corrected chi connectivity index (χ1v) is 8.95. The first-order chi connectivity index (χ1) is 13.5. The van der Waals surface area contributed by atoms with Crippen LogP contribution in [0, 0.1) is 5.92 Å². The Labute approximate surface area is 161 Å². The van der Waals surface area contributed by atoms with E-state index in [9.17, 15) is 14.4 Å². The van der Waals surface area contributed by atoms with Gasteiger partial charge in [-0.05, 0) is 30.5 Å². The molecule has 0 bridgehead atoms. The van der Waals surface area contributed by atoms with Gasteiger partial charge < -0.3 is 24.5 Å². The fraction of sp³-hybridized carbons (Fsp3) is 0.350. The number of carbonyl (C=O) groups is 2. The van der Waals surface area contributed by atoms with Crippen molar-refractivity contribution in [1.82, 2.24) is 4.90 Å². The van der Waals surface area contributed by atoms with Gasteiger partial charge in [-0.1, -0.05) is 12.1 Å². The highest BCUT2D eigenvalue weighted by atomic mass is 16.5. The normalized spacial score (nSPS) is 14.5. The summed E-state index contributed by atoms with van der Waals surface area (Å²) < 4.78 is 16.0. The average Bonchev–Trinajstić information content (AvgIpc) is 2.72. The number of likely N-dealkylation sites (tertiary alicyclic amines) is 1. The smallest absolute Gasteiger partial charge is 0.289 e. The summed E-state index contributed by atoms with van der Waals surface area (Å²) in [4.78, 5) is 37.6. The van der Waals surface area contributed by atoms with Gasteiger partial charge in [0, 0.05) is 25.1 Å². The molecule has 3 rings (SSSR count). The number of nitrogens with zero attached hydrogens (tertiary/aromatic N) is 1. The van der Waals surface area contributed by atoms with Gasteiger partial charge in [-0.15, -0.1) is 0 Å². The second-order valence-corrected chi connectivity index (χ2v) is 6.58. The van der Waals surface area contributed by atoms with Crippen molar-refractivity contribution in [3.8, 4) is 11.5 Å². The largest absolute Gasteiger partial charge is 0.497 e. The number of amides is 2. The minimum absolute atomic E-state index is 0.0202. The van der Waals surface area contributed by atoms with E-state index in [1.165, 1.54) is 0 Å². The monoisotopic (exact) mass is 386 g/mol. The van der Waals surface area contributed by atoms with E-state index in [0.29, 0.717) is 31.7 Å². The standard InChI is InChI=1S/C20H22N2O6/c1-26-15-4-2-3-13(9-15)11-27-18-12-28-17(10-16(18)23)20(25)22-7-5-14(6-8-22)19(21)24/h2-4,9-10,12,14H,5-8,11H2,1H3,(H2,21,24). The summed E-state index contributed by atoms with van der Waals surface area (Å²) in [7, 11) is 1.57. The molecular formula is C20H22N2O6. The molecule has 2 N–H and O–H groups in total. The summed E-state index contributed by atoms with van der Waals surface area (Å²) in [6.45, 7) is 0.949. The molecule has 8 heteroatoms. The van der Waals surface area contributed by atoms with Crippen LogP contribution in [0.15, 0.2) is 45.8 Å². The zero-order valence-corrected chi connectivity index (χ0v) is 15.6. The van der Waals surface area contributed by atoms with Crippen molar-refractivity contribution in [2.24, 2.45) is 11.7 Å². The van der Waals surface area contributed by atoms with Gasteiger partial charge in [0.2, 0.25) is 17.1 Å². The fourth-order valence-corrected chi connectivity index (χ4v) is 3.06. The van der Waals surface area contributed by atoms with Crippen molar-refractivity contribution in [3.63, 3.8) is 0 Å². The molecule has 2 amide bonds. The SMILES string of the molecule is COc1cccc(COc2coc(C(=O)N3CCC(C(N)=O)CC3)cc2=O)c1. The lowest BCUT2D eigenvalue weighted by Gasteiger charge is -2.30. The molecule has 1 aromatic heterocycles. The van der Waals surface area contributed by atoms with E-state index in [1.54, 1.807) is 18.1 Å². The Hall–Kier alpha value is -3.29. The number of ether oxygens (including phenoxy) is 2. The molecule has 2 heterocycles. The van der Waals surface area contributed by atoms with Crippen LogP contribution in [-0.4, -0.2) is 36.9 Å². The summed E-state index contributed by atoms with van der Waals surface area (Å²) >= 11 is 0. The minimum atomic E-state index is -0.440. The molecule has 0 aliphatic carbocycles. The van der Waals surface area contributed by atoms with Crippen LogP contribution in [0.25, 0.3) is 0 Å². The third kappa shape index (κ3) is 4.51. The number of benzene rings is 1. The number of hydrogen-bond donors (Lipinski definition) is 1. The Balaban J connectivity index is 1.63. The van der Waals surface area contributed by atoms with Crippen molar-refractivity contribution >= 4 is 11.8 Å². The van der Waals surface area contributed by atoms with Crippen LogP contribution in [0.3, 0.4) is 0 Å². The van der Waals surface area contributed by atoms with Crippen LogP contribution in [0.2, 0.25) is 0 Å². The number of primary amides is 1. The van der Waals surface area contributed by atoms with Crippen LogP contribution in [0.1, 0.15) is 29.0 Å². The van der Waals surface area contributed by atoms with E-state index in [-0.39, 0.29) is 35.8 Å². The molecule has 1 aliphatic heterocycles. The van der Waals surface area contributed by atoms with Crippen LogP contribution < -0.4 is 20.6 Å². The van der Waals surface area contributed by atoms with Crippen LogP contribution in [0.4, 0.5) is 0 Å². The van der Waals surface area contributed by atoms with Gasteiger partial charge in [0.15, 0.2) is 5.76 Å². The molecule has 1 aliphatic rings. The molecule has 0 atom stereocenters.